The molecule has 2 aliphatic rings. The molecule has 1 aliphatic carbocycles. The number of fused-ring (bicyclic) bond motifs is 1. The fourth-order valence-electron chi connectivity index (χ4n) is 5.89. The van der Waals surface area contributed by atoms with Crippen molar-refractivity contribution in [2.24, 2.45) is 0 Å². The van der Waals surface area contributed by atoms with Crippen LogP contribution in [-0.2, 0) is 17.4 Å². The second-order valence-corrected chi connectivity index (χ2v) is 10.6. The zero-order chi connectivity index (χ0) is 29.2. The molecule has 1 heterocycles. The van der Waals surface area contributed by atoms with Gasteiger partial charge in [0.2, 0.25) is 0 Å². The Hall–Kier alpha value is -3.95. The molecule has 1 saturated carbocycles. The predicted octanol–water partition coefficient (Wildman–Crippen LogP) is 7.24. The summed E-state index contributed by atoms with van der Waals surface area (Å²) in [7, 11) is 1.53. The Balaban J connectivity index is 1.51. The summed E-state index contributed by atoms with van der Waals surface area (Å²) in [4.78, 5) is 13.0. The summed E-state index contributed by atoms with van der Waals surface area (Å²) in [5.74, 6) is -0.278. The molecule has 3 aromatic rings. The largest absolute Gasteiger partial charge is 0.497 e. The molecule has 0 saturated heterocycles. The quantitative estimate of drug-likeness (QED) is 0.187. The van der Waals surface area contributed by atoms with Gasteiger partial charge in [0, 0.05) is 42.5 Å². The van der Waals surface area contributed by atoms with Gasteiger partial charge in [0.25, 0.3) is 0 Å². The zero-order valence-corrected chi connectivity index (χ0v) is 22.6. The van der Waals surface area contributed by atoms with E-state index in [1.54, 1.807) is 36.4 Å². The Morgan fingerprint density at radius 1 is 1.07 bits per heavy atom. The highest BCUT2D eigenvalue weighted by atomic mass is 19.4. The van der Waals surface area contributed by atoms with Crippen LogP contribution in [0.2, 0.25) is 0 Å². The summed E-state index contributed by atoms with van der Waals surface area (Å²) in [6, 6.07) is 15.0. The van der Waals surface area contributed by atoms with Crippen LogP contribution in [0.1, 0.15) is 54.8 Å². The second-order valence-electron chi connectivity index (χ2n) is 10.6. The molecule has 2 N–H and O–H groups in total. The van der Waals surface area contributed by atoms with Gasteiger partial charge in [0.1, 0.15) is 17.3 Å². The lowest BCUT2D eigenvalue weighted by Crippen LogP contribution is -2.59. The number of carboxylic acid groups (broad SMARTS) is 1. The molecular formula is C31H32F4N2O4. The Morgan fingerprint density at radius 3 is 2.44 bits per heavy atom. The summed E-state index contributed by atoms with van der Waals surface area (Å²) in [5, 5.41) is 12.5. The van der Waals surface area contributed by atoms with E-state index in [1.165, 1.54) is 25.3 Å². The van der Waals surface area contributed by atoms with Crippen LogP contribution in [0, 0.1) is 5.82 Å². The van der Waals surface area contributed by atoms with Gasteiger partial charge in [-0.2, -0.15) is 13.2 Å². The van der Waals surface area contributed by atoms with Crippen LogP contribution in [0.25, 0.3) is 0 Å². The van der Waals surface area contributed by atoms with Crippen LogP contribution in [0.15, 0.2) is 60.7 Å². The smallest absolute Gasteiger partial charge is 0.416 e. The Labute approximate surface area is 235 Å². The first-order chi connectivity index (χ1) is 19.6. The topological polar surface area (TPSA) is 71.0 Å². The number of alkyl halides is 3. The minimum atomic E-state index is -4.45. The van der Waals surface area contributed by atoms with E-state index in [-0.39, 0.29) is 18.8 Å². The molecule has 1 aliphatic heterocycles. The molecule has 3 aromatic carbocycles. The van der Waals surface area contributed by atoms with Gasteiger partial charge < -0.3 is 24.8 Å². The number of nitrogens with zero attached hydrogens (tertiary/aromatic N) is 1. The van der Waals surface area contributed by atoms with Gasteiger partial charge in [-0.1, -0.05) is 18.2 Å². The van der Waals surface area contributed by atoms with Crippen molar-refractivity contribution >= 4 is 17.3 Å². The van der Waals surface area contributed by atoms with Crippen molar-refractivity contribution in [2.75, 3.05) is 30.5 Å². The minimum Gasteiger partial charge on any atom is -0.497 e. The number of methoxy groups -OCH3 is 1. The molecule has 0 spiro atoms. The van der Waals surface area contributed by atoms with Crippen molar-refractivity contribution in [3.8, 4) is 11.5 Å². The number of benzene rings is 3. The zero-order valence-electron chi connectivity index (χ0n) is 22.6. The molecule has 0 bridgehead atoms. The van der Waals surface area contributed by atoms with Gasteiger partial charge >= 0.3 is 12.1 Å². The highest BCUT2D eigenvalue weighted by molar-refractivity contribution is 5.66. The third-order valence-electron chi connectivity index (χ3n) is 8.04. The fourth-order valence-corrected chi connectivity index (χ4v) is 5.89. The minimum absolute atomic E-state index is 0.0163. The molecule has 1 atom stereocenters. The van der Waals surface area contributed by atoms with Gasteiger partial charge in [-0.3, -0.25) is 4.79 Å². The van der Waals surface area contributed by atoms with Crippen LogP contribution in [0.4, 0.5) is 28.9 Å². The lowest BCUT2D eigenvalue weighted by molar-refractivity contribution is -0.138. The normalized spacial score (nSPS) is 16.5. The highest BCUT2D eigenvalue weighted by Gasteiger charge is 2.51. The first-order valence-corrected chi connectivity index (χ1v) is 13.6. The van der Waals surface area contributed by atoms with Crippen LogP contribution in [0.5, 0.6) is 11.5 Å². The number of carbonyl (C=O) groups is 1. The molecule has 6 nitrogen and oxygen atoms in total. The lowest BCUT2D eigenvalue weighted by atomic mass is 9.67. The Kier molecular flexibility index (Phi) is 8.02. The Morgan fingerprint density at radius 2 is 1.80 bits per heavy atom. The number of hydrogen-bond donors (Lipinski definition) is 2. The van der Waals surface area contributed by atoms with Crippen LogP contribution < -0.4 is 19.7 Å². The third-order valence-corrected chi connectivity index (χ3v) is 8.04. The number of halogens is 4. The van der Waals surface area contributed by atoms with Gasteiger partial charge in [0.05, 0.1) is 30.9 Å². The van der Waals surface area contributed by atoms with E-state index in [0.717, 1.165) is 36.5 Å². The monoisotopic (exact) mass is 572 g/mol. The van der Waals surface area contributed by atoms with Gasteiger partial charge in [-0.05, 0) is 67.5 Å². The number of carboxylic acids is 1. The number of hydrogen-bond acceptors (Lipinski definition) is 5. The summed E-state index contributed by atoms with van der Waals surface area (Å²) in [6.07, 6.45) is -1.12. The summed E-state index contributed by atoms with van der Waals surface area (Å²) in [5.41, 5.74) is 1.68. The van der Waals surface area contributed by atoms with Crippen molar-refractivity contribution in [3.05, 3.63) is 83.2 Å². The van der Waals surface area contributed by atoms with E-state index in [9.17, 15) is 22.4 Å². The van der Waals surface area contributed by atoms with Gasteiger partial charge in [-0.25, -0.2) is 4.39 Å². The number of ether oxygens (including phenoxy) is 2. The van der Waals surface area contributed by atoms with Crippen LogP contribution in [-0.4, -0.2) is 36.9 Å². The molecule has 1 unspecified atom stereocenters. The summed E-state index contributed by atoms with van der Waals surface area (Å²) >= 11 is 0. The average molecular weight is 573 g/mol. The van der Waals surface area contributed by atoms with E-state index in [1.807, 2.05) is 0 Å². The van der Waals surface area contributed by atoms with Gasteiger partial charge in [0.15, 0.2) is 0 Å². The highest BCUT2D eigenvalue weighted by Crippen LogP contribution is 2.53. The molecule has 41 heavy (non-hydrogen) atoms. The molecule has 10 heteroatoms. The predicted molar refractivity (Wildman–Crippen MR) is 147 cm³/mol. The first kappa shape index (κ1) is 28.6. The third kappa shape index (κ3) is 6.06. The van der Waals surface area contributed by atoms with Gasteiger partial charge in [-0.15, -0.1) is 0 Å². The van der Waals surface area contributed by atoms with E-state index in [0.29, 0.717) is 42.3 Å². The van der Waals surface area contributed by atoms with Crippen molar-refractivity contribution < 1.29 is 36.9 Å². The van der Waals surface area contributed by atoms with Crippen molar-refractivity contribution in [3.63, 3.8) is 0 Å². The van der Waals surface area contributed by atoms with E-state index in [2.05, 4.69) is 10.2 Å². The average Bonchev–Trinajstić information content (AvgIpc) is 3.33. The second kappa shape index (κ2) is 11.5. The maximum atomic E-state index is 14.0. The SMILES string of the molecule is COc1cc(NC(c2ccc(F)cc2)C2(N3CCc4ccc(C(F)(F)F)cc43)CCC2)cc(OCCCC(=O)O)c1. The summed E-state index contributed by atoms with van der Waals surface area (Å²) < 4.78 is 66.3. The fraction of sp³-hybridized carbons (Fsp3) is 0.387. The first-order valence-electron chi connectivity index (χ1n) is 13.6. The summed E-state index contributed by atoms with van der Waals surface area (Å²) in [6.45, 7) is 0.780. The standard InChI is InChI=1S/C31H32F4N2O4/c1-40-25-17-24(18-26(19-25)41-15-2-4-28(38)39)36-29(21-6-9-23(32)10-7-21)30(12-3-13-30)37-14-11-20-5-8-22(16-27(20)37)31(33,34)35/h5-10,16-19,29,36H,2-4,11-15H2,1H3,(H,38,39). The molecule has 1 fully saturated rings. The number of aliphatic carboxylic acids is 1. The van der Waals surface area contributed by atoms with Crippen molar-refractivity contribution in [2.45, 2.75) is 56.3 Å². The molecule has 0 aromatic heterocycles. The van der Waals surface area contributed by atoms with E-state index in [4.69, 9.17) is 14.6 Å². The Bertz CT molecular complexity index is 1390. The van der Waals surface area contributed by atoms with Crippen molar-refractivity contribution in [1.29, 1.82) is 0 Å². The number of anilines is 2. The molecular weight excluding hydrogens is 540 g/mol. The maximum Gasteiger partial charge on any atom is 0.416 e. The molecule has 0 radical (unpaired) electrons. The molecule has 218 valence electrons. The number of nitrogens with one attached hydrogen (secondary N) is 1. The van der Waals surface area contributed by atoms with Crippen LogP contribution in [0.3, 0.4) is 0 Å². The van der Waals surface area contributed by atoms with Crippen molar-refractivity contribution in [1.82, 2.24) is 0 Å². The van der Waals surface area contributed by atoms with E-state index < -0.39 is 29.3 Å². The van der Waals surface area contributed by atoms with E-state index >= 15 is 0 Å². The number of rotatable bonds is 11. The van der Waals surface area contributed by atoms with Crippen LogP contribution >= 0.6 is 0 Å². The molecule has 5 rings (SSSR count). The lowest BCUT2D eigenvalue weighted by Gasteiger charge is -2.55. The maximum absolute atomic E-state index is 14.0. The molecule has 0 amide bonds.